The molecule has 4 rings (SSSR count). The van der Waals surface area contributed by atoms with Gasteiger partial charge in [0.1, 0.15) is 11.6 Å². The van der Waals surface area contributed by atoms with Gasteiger partial charge in [0.2, 0.25) is 0 Å². The summed E-state index contributed by atoms with van der Waals surface area (Å²) in [5, 5.41) is 11.9. The Morgan fingerprint density at radius 3 is 2.16 bits per heavy atom. The second-order valence-electron chi connectivity index (χ2n) is 7.24. The third kappa shape index (κ3) is 3.14. The Balaban J connectivity index is 1.70. The first-order valence-electron chi connectivity index (χ1n) is 8.78. The van der Waals surface area contributed by atoms with Crippen LogP contribution in [0.25, 0.3) is 21.8 Å². The van der Waals surface area contributed by atoms with Crippen LogP contribution in [0.15, 0.2) is 36.4 Å². The van der Waals surface area contributed by atoms with Crippen molar-refractivity contribution >= 4 is 21.8 Å². The van der Waals surface area contributed by atoms with Crippen molar-refractivity contribution in [1.82, 2.24) is 9.47 Å². The van der Waals surface area contributed by atoms with Crippen LogP contribution in [0.2, 0.25) is 0 Å². The number of rotatable bonds is 4. The molecular weight excluding hydrogens is 322 g/mol. The SMILES string of the molecule is CC1CCN(CC(O)Cn2c3ccc(F)cc3c3cc(F)ccc32)C1. The number of aliphatic hydroxyl groups is 1. The molecular formula is C20H22F2N2O. The third-order valence-corrected chi connectivity index (χ3v) is 5.16. The quantitative estimate of drug-likeness (QED) is 0.780. The molecule has 1 saturated heterocycles. The van der Waals surface area contributed by atoms with Crippen LogP contribution in [0.4, 0.5) is 8.78 Å². The van der Waals surface area contributed by atoms with Gasteiger partial charge in [-0.1, -0.05) is 6.92 Å². The lowest BCUT2D eigenvalue weighted by Crippen LogP contribution is -2.33. The predicted molar refractivity (Wildman–Crippen MR) is 95.6 cm³/mol. The predicted octanol–water partition coefficient (Wildman–Crippen LogP) is 3.78. The summed E-state index contributed by atoms with van der Waals surface area (Å²) in [7, 11) is 0. The van der Waals surface area contributed by atoms with Gasteiger partial charge in [-0.15, -0.1) is 0 Å². The Labute approximate surface area is 145 Å². The third-order valence-electron chi connectivity index (χ3n) is 5.16. The maximum Gasteiger partial charge on any atom is 0.123 e. The lowest BCUT2D eigenvalue weighted by molar-refractivity contribution is 0.110. The van der Waals surface area contributed by atoms with Gasteiger partial charge >= 0.3 is 0 Å². The Morgan fingerprint density at radius 1 is 1.04 bits per heavy atom. The molecule has 1 aliphatic rings. The number of β-amino-alcohol motifs (C(OH)–C–C–N with tert-alkyl or cyclic N) is 1. The molecule has 2 atom stereocenters. The summed E-state index contributed by atoms with van der Waals surface area (Å²) in [4.78, 5) is 2.28. The Hall–Kier alpha value is -1.98. The van der Waals surface area contributed by atoms with Crippen LogP contribution in [0.1, 0.15) is 13.3 Å². The first-order chi connectivity index (χ1) is 12.0. The van der Waals surface area contributed by atoms with Crippen LogP contribution in [0, 0.1) is 17.6 Å². The molecule has 0 bridgehead atoms. The van der Waals surface area contributed by atoms with Crippen molar-refractivity contribution in [1.29, 1.82) is 0 Å². The second-order valence-corrected chi connectivity index (χ2v) is 7.24. The molecule has 0 radical (unpaired) electrons. The molecule has 1 aliphatic heterocycles. The molecule has 2 heterocycles. The number of benzene rings is 2. The number of nitrogens with zero attached hydrogens (tertiary/aromatic N) is 2. The van der Waals surface area contributed by atoms with Crippen LogP contribution in [-0.4, -0.2) is 40.3 Å². The highest BCUT2D eigenvalue weighted by Gasteiger charge is 2.22. The molecule has 1 aromatic heterocycles. The molecule has 2 unspecified atom stereocenters. The summed E-state index contributed by atoms with van der Waals surface area (Å²) < 4.78 is 29.3. The van der Waals surface area contributed by atoms with E-state index in [1.165, 1.54) is 30.7 Å². The average molecular weight is 344 g/mol. The summed E-state index contributed by atoms with van der Waals surface area (Å²) in [5.41, 5.74) is 1.63. The molecule has 1 fully saturated rings. The molecule has 25 heavy (non-hydrogen) atoms. The van der Waals surface area contributed by atoms with Gasteiger partial charge in [0, 0.05) is 34.9 Å². The van der Waals surface area contributed by atoms with E-state index in [1.807, 2.05) is 4.57 Å². The number of aliphatic hydroxyl groups excluding tert-OH is 1. The van der Waals surface area contributed by atoms with Gasteiger partial charge in [-0.3, -0.25) is 0 Å². The number of halogens is 2. The molecule has 0 saturated carbocycles. The number of likely N-dealkylation sites (tertiary alicyclic amines) is 1. The van der Waals surface area contributed by atoms with Gasteiger partial charge in [-0.05, 0) is 55.3 Å². The molecule has 132 valence electrons. The van der Waals surface area contributed by atoms with Crippen molar-refractivity contribution in [2.24, 2.45) is 5.92 Å². The fourth-order valence-electron chi connectivity index (χ4n) is 4.00. The van der Waals surface area contributed by atoms with Crippen molar-refractivity contribution in [3.8, 4) is 0 Å². The molecule has 0 spiro atoms. The minimum absolute atomic E-state index is 0.345. The van der Waals surface area contributed by atoms with Crippen LogP contribution in [0.3, 0.4) is 0 Å². The first kappa shape index (κ1) is 16.5. The second kappa shape index (κ2) is 6.39. The van der Waals surface area contributed by atoms with Crippen molar-refractivity contribution in [2.75, 3.05) is 19.6 Å². The number of hydrogen-bond donors (Lipinski definition) is 1. The van der Waals surface area contributed by atoms with Crippen LogP contribution in [-0.2, 0) is 6.54 Å². The summed E-state index contributed by atoms with van der Waals surface area (Å²) >= 11 is 0. The minimum Gasteiger partial charge on any atom is -0.390 e. The van der Waals surface area contributed by atoms with Gasteiger partial charge in [-0.2, -0.15) is 0 Å². The summed E-state index contributed by atoms with van der Waals surface area (Å²) in [6.45, 7) is 5.28. The van der Waals surface area contributed by atoms with Crippen LogP contribution < -0.4 is 0 Å². The van der Waals surface area contributed by atoms with E-state index in [0.29, 0.717) is 29.8 Å². The fourth-order valence-corrected chi connectivity index (χ4v) is 4.00. The molecule has 3 nitrogen and oxygen atoms in total. The highest BCUT2D eigenvalue weighted by molar-refractivity contribution is 6.08. The molecule has 1 N–H and O–H groups in total. The van der Waals surface area contributed by atoms with E-state index in [-0.39, 0.29) is 11.6 Å². The van der Waals surface area contributed by atoms with E-state index >= 15 is 0 Å². The van der Waals surface area contributed by atoms with Crippen LogP contribution >= 0.6 is 0 Å². The molecule has 5 heteroatoms. The average Bonchev–Trinajstić information content (AvgIpc) is 3.09. The number of aromatic nitrogens is 1. The minimum atomic E-state index is -0.529. The number of hydrogen-bond acceptors (Lipinski definition) is 2. The van der Waals surface area contributed by atoms with Crippen molar-refractivity contribution in [3.05, 3.63) is 48.0 Å². The lowest BCUT2D eigenvalue weighted by atomic mass is 10.1. The highest BCUT2D eigenvalue weighted by atomic mass is 19.1. The maximum atomic E-state index is 13.7. The monoisotopic (exact) mass is 344 g/mol. The van der Waals surface area contributed by atoms with E-state index in [1.54, 1.807) is 12.1 Å². The molecule has 3 aromatic rings. The topological polar surface area (TPSA) is 28.4 Å². The highest BCUT2D eigenvalue weighted by Crippen LogP contribution is 2.30. The normalized spacial score (nSPS) is 19.9. The van der Waals surface area contributed by atoms with E-state index in [0.717, 1.165) is 24.1 Å². The van der Waals surface area contributed by atoms with Crippen molar-refractivity contribution in [3.63, 3.8) is 0 Å². The number of fused-ring (bicyclic) bond motifs is 3. The van der Waals surface area contributed by atoms with Crippen LogP contribution in [0.5, 0.6) is 0 Å². The zero-order chi connectivity index (χ0) is 17.6. The Morgan fingerprint density at radius 2 is 1.64 bits per heavy atom. The van der Waals surface area contributed by atoms with Crippen molar-refractivity contribution < 1.29 is 13.9 Å². The Bertz CT molecular complexity index is 862. The first-order valence-corrected chi connectivity index (χ1v) is 8.78. The van der Waals surface area contributed by atoms with Gasteiger partial charge in [0.05, 0.1) is 12.6 Å². The van der Waals surface area contributed by atoms with E-state index in [2.05, 4.69) is 11.8 Å². The van der Waals surface area contributed by atoms with Gasteiger partial charge < -0.3 is 14.6 Å². The van der Waals surface area contributed by atoms with Crippen molar-refractivity contribution in [2.45, 2.75) is 26.0 Å². The lowest BCUT2D eigenvalue weighted by Gasteiger charge is -2.21. The van der Waals surface area contributed by atoms with Gasteiger partial charge in [0.15, 0.2) is 0 Å². The smallest absolute Gasteiger partial charge is 0.123 e. The summed E-state index contributed by atoms with van der Waals surface area (Å²) in [6.07, 6.45) is 0.639. The molecule has 0 amide bonds. The Kier molecular flexibility index (Phi) is 4.21. The summed E-state index contributed by atoms with van der Waals surface area (Å²) in [6, 6.07) is 9.08. The van der Waals surface area contributed by atoms with E-state index in [4.69, 9.17) is 0 Å². The maximum absolute atomic E-state index is 13.7. The standard InChI is InChI=1S/C20H22F2N2O/c1-13-6-7-23(10-13)11-16(25)12-24-19-4-2-14(21)8-17(19)18-9-15(22)3-5-20(18)24/h2-5,8-9,13,16,25H,6-7,10-12H2,1H3. The largest absolute Gasteiger partial charge is 0.390 e. The van der Waals surface area contributed by atoms with E-state index < -0.39 is 6.10 Å². The zero-order valence-corrected chi connectivity index (χ0v) is 14.3. The van der Waals surface area contributed by atoms with Gasteiger partial charge in [0.25, 0.3) is 0 Å². The van der Waals surface area contributed by atoms with Gasteiger partial charge in [-0.25, -0.2) is 8.78 Å². The fraction of sp³-hybridized carbons (Fsp3) is 0.400. The van der Waals surface area contributed by atoms with E-state index in [9.17, 15) is 13.9 Å². The molecule has 0 aliphatic carbocycles. The molecule has 2 aromatic carbocycles. The summed E-state index contributed by atoms with van der Waals surface area (Å²) in [5.74, 6) is -0.0174. The zero-order valence-electron chi connectivity index (χ0n) is 14.3.